The van der Waals surface area contributed by atoms with E-state index in [1.807, 2.05) is 0 Å². The van der Waals surface area contributed by atoms with E-state index in [0.717, 1.165) is 12.8 Å². The van der Waals surface area contributed by atoms with E-state index in [-0.39, 0.29) is 11.5 Å². The van der Waals surface area contributed by atoms with Crippen LogP contribution < -0.4 is 9.47 Å². The van der Waals surface area contributed by atoms with E-state index < -0.39 is 0 Å². The second-order valence-electron chi connectivity index (χ2n) is 5.69. The lowest BCUT2D eigenvalue weighted by molar-refractivity contribution is 0.112. The third-order valence-corrected chi connectivity index (χ3v) is 3.72. The van der Waals surface area contributed by atoms with Crippen LogP contribution in [0.15, 0.2) is 46.7 Å². The molecular weight excluding hydrogens is 364 g/mol. The number of oxime groups is 2. The summed E-state index contributed by atoms with van der Waals surface area (Å²) < 4.78 is 10.2. The number of nitrogens with zero attached hydrogens (tertiary/aromatic N) is 2. The minimum absolute atomic E-state index is 0.0986. The van der Waals surface area contributed by atoms with Gasteiger partial charge in [0.25, 0.3) is 0 Å². The molecule has 0 amide bonds. The van der Waals surface area contributed by atoms with Gasteiger partial charge >= 0.3 is 0 Å². The van der Waals surface area contributed by atoms with Crippen LogP contribution in [0, 0.1) is 0 Å². The molecule has 2 N–H and O–H groups in total. The van der Waals surface area contributed by atoms with Crippen LogP contribution in [-0.4, -0.2) is 50.1 Å². The third-order valence-electron chi connectivity index (χ3n) is 3.72. The first kappa shape index (κ1) is 20.9. The number of aromatic hydroxyl groups is 2. The van der Waals surface area contributed by atoms with Crippen LogP contribution in [0.3, 0.4) is 0 Å². The quantitative estimate of drug-likeness (QED) is 0.348. The first-order valence-corrected chi connectivity index (χ1v) is 8.68. The molecule has 2 rings (SSSR count). The van der Waals surface area contributed by atoms with Crippen molar-refractivity contribution in [2.75, 3.05) is 27.4 Å². The molecular formula is C20H24N2O6. The number of phenols is 2. The number of ether oxygens (including phenoxy) is 2. The summed E-state index contributed by atoms with van der Waals surface area (Å²) in [4.78, 5) is 10.3. The average Bonchev–Trinajstić information content (AvgIpc) is 2.71. The summed E-state index contributed by atoms with van der Waals surface area (Å²) in [5, 5.41) is 27.1. The molecule has 8 nitrogen and oxygen atoms in total. The third kappa shape index (κ3) is 6.71. The van der Waals surface area contributed by atoms with Gasteiger partial charge in [-0.25, -0.2) is 0 Å². The lowest BCUT2D eigenvalue weighted by Crippen LogP contribution is -1.95. The summed E-state index contributed by atoms with van der Waals surface area (Å²) in [6.45, 7) is 0.815. The van der Waals surface area contributed by atoms with E-state index in [4.69, 9.17) is 19.1 Å². The van der Waals surface area contributed by atoms with Crippen LogP contribution in [0.4, 0.5) is 0 Å². The van der Waals surface area contributed by atoms with Gasteiger partial charge < -0.3 is 29.4 Å². The maximum Gasteiger partial charge on any atom is 0.124 e. The molecule has 0 aliphatic rings. The van der Waals surface area contributed by atoms with Gasteiger partial charge in [-0.05, 0) is 49.2 Å². The molecule has 2 aromatic carbocycles. The van der Waals surface area contributed by atoms with Crippen molar-refractivity contribution in [1.82, 2.24) is 0 Å². The molecule has 150 valence electrons. The number of hydrogen-bond donors (Lipinski definition) is 2. The largest absolute Gasteiger partial charge is 0.507 e. The van der Waals surface area contributed by atoms with Gasteiger partial charge in [-0.2, -0.15) is 0 Å². The fraction of sp³-hybridized carbons (Fsp3) is 0.300. The zero-order valence-electron chi connectivity index (χ0n) is 15.9. The molecule has 0 saturated carbocycles. The molecule has 0 fully saturated rings. The van der Waals surface area contributed by atoms with Crippen LogP contribution in [0.1, 0.15) is 24.0 Å². The Bertz CT molecular complexity index is 740. The lowest BCUT2D eigenvalue weighted by Gasteiger charge is -2.03. The fourth-order valence-electron chi connectivity index (χ4n) is 2.15. The molecule has 8 heteroatoms. The summed E-state index contributed by atoms with van der Waals surface area (Å²) in [7, 11) is 3.10. The number of phenolic OH excluding ortho intramolecular Hbond substituents is 2. The molecule has 0 heterocycles. The molecule has 0 aromatic heterocycles. The minimum Gasteiger partial charge on any atom is -0.507 e. The predicted octanol–water partition coefficient (Wildman–Crippen LogP) is 3.30. The number of hydrogen-bond acceptors (Lipinski definition) is 8. The Morgan fingerprint density at radius 2 is 1.18 bits per heavy atom. The van der Waals surface area contributed by atoms with Crippen molar-refractivity contribution in [3.63, 3.8) is 0 Å². The van der Waals surface area contributed by atoms with E-state index in [9.17, 15) is 10.2 Å². The lowest BCUT2D eigenvalue weighted by atomic mass is 10.2. The highest BCUT2D eigenvalue weighted by molar-refractivity contribution is 5.84. The van der Waals surface area contributed by atoms with Gasteiger partial charge in [-0.3, -0.25) is 0 Å². The fourth-order valence-corrected chi connectivity index (χ4v) is 2.15. The highest BCUT2D eigenvalue weighted by atomic mass is 16.6. The maximum atomic E-state index is 9.73. The van der Waals surface area contributed by atoms with Crippen molar-refractivity contribution in [2.24, 2.45) is 10.3 Å². The van der Waals surface area contributed by atoms with Crippen LogP contribution in [0.2, 0.25) is 0 Å². The maximum absolute atomic E-state index is 9.73. The van der Waals surface area contributed by atoms with Crippen molar-refractivity contribution in [1.29, 1.82) is 0 Å². The molecule has 0 aliphatic carbocycles. The summed E-state index contributed by atoms with van der Waals surface area (Å²) in [6, 6.07) is 9.70. The predicted molar refractivity (Wildman–Crippen MR) is 106 cm³/mol. The number of rotatable bonds is 11. The Morgan fingerprint density at radius 3 is 1.57 bits per heavy atom. The summed E-state index contributed by atoms with van der Waals surface area (Å²) in [6.07, 6.45) is 4.31. The number of unbranched alkanes of at least 4 members (excludes halogenated alkanes) is 1. The van der Waals surface area contributed by atoms with Gasteiger partial charge in [0, 0.05) is 11.1 Å². The van der Waals surface area contributed by atoms with Crippen LogP contribution in [-0.2, 0) is 9.68 Å². The van der Waals surface area contributed by atoms with Crippen LogP contribution in [0.5, 0.6) is 23.0 Å². The van der Waals surface area contributed by atoms with E-state index in [0.29, 0.717) is 35.8 Å². The Balaban J connectivity index is 1.62. The monoisotopic (exact) mass is 388 g/mol. The first-order valence-electron chi connectivity index (χ1n) is 8.68. The van der Waals surface area contributed by atoms with Gasteiger partial charge in [-0.1, -0.05) is 10.3 Å². The molecule has 0 saturated heterocycles. The van der Waals surface area contributed by atoms with E-state index in [1.165, 1.54) is 24.6 Å². The minimum atomic E-state index is 0.0986. The van der Waals surface area contributed by atoms with E-state index in [2.05, 4.69) is 10.3 Å². The van der Waals surface area contributed by atoms with Crippen molar-refractivity contribution in [3.05, 3.63) is 47.5 Å². The van der Waals surface area contributed by atoms with Gasteiger partial charge in [0.15, 0.2) is 0 Å². The summed E-state index contributed by atoms with van der Waals surface area (Å²) in [5.41, 5.74) is 1.02. The van der Waals surface area contributed by atoms with E-state index >= 15 is 0 Å². The Morgan fingerprint density at radius 1 is 0.750 bits per heavy atom. The van der Waals surface area contributed by atoms with Gasteiger partial charge in [0.05, 0.1) is 26.6 Å². The van der Waals surface area contributed by atoms with Gasteiger partial charge in [0.2, 0.25) is 0 Å². The van der Waals surface area contributed by atoms with Crippen molar-refractivity contribution < 1.29 is 29.4 Å². The average molecular weight is 388 g/mol. The second kappa shape index (κ2) is 11.3. The molecule has 0 aliphatic heterocycles. The van der Waals surface area contributed by atoms with Gasteiger partial charge in [-0.15, -0.1) is 0 Å². The van der Waals surface area contributed by atoms with Crippen molar-refractivity contribution >= 4 is 12.4 Å². The van der Waals surface area contributed by atoms with E-state index in [1.54, 1.807) is 38.5 Å². The highest BCUT2D eigenvalue weighted by Gasteiger charge is 2.01. The van der Waals surface area contributed by atoms with Crippen molar-refractivity contribution in [3.8, 4) is 23.0 Å². The number of benzene rings is 2. The molecule has 0 radical (unpaired) electrons. The molecule has 0 unspecified atom stereocenters. The van der Waals surface area contributed by atoms with Crippen LogP contribution >= 0.6 is 0 Å². The molecule has 0 atom stereocenters. The topological polar surface area (TPSA) is 102 Å². The number of methoxy groups -OCH3 is 2. The Hall–Kier alpha value is -3.42. The summed E-state index contributed by atoms with van der Waals surface area (Å²) >= 11 is 0. The first-order chi connectivity index (χ1) is 13.6. The summed E-state index contributed by atoms with van der Waals surface area (Å²) in [5.74, 6) is 1.45. The van der Waals surface area contributed by atoms with Crippen LogP contribution in [0.25, 0.3) is 0 Å². The smallest absolute Gasteiger partial charge is 0.124 e. The molecule has 0 bridgehead atoms. The molecule has 0 spiro atoms. The zero-order chi connectivity index (χ0) is 20.2. The van der Waals surface area contributed by atoms with Crippen molar-refractivity contribution in [2.45, 2.75) is 12.8 Å². The standard InChI is InChI=1S/C20H24N2O6/c1-25-17-5-7-19(23)15(11-17)13-21-27-9-3-4-10-28-22-14-16-12-18(26-2)6-8-20(16)24/h5-8,11-14,23-24H,3-4,9-10H2,1-2H3. The second-order valence-corrected chi connectivity index (χ2v) is 5.69. The molecule has 28 heavy (non-hydrogen) atoms. The van der Waals surface area contributed by atoms with Gasteiger partial charge in [0.1, 0.15) is 36.2 Å². The Labute approximate surface area is 163 Å². The molecule has 2 aromatic rings. The normalized spacial score (nSPS) is 11.1. The zero-order valence-corrected chi connectivity index (χ0v) is 15.9. The highest BCUT2D eigenvalue weighted by Crippen LogP contribution is 2.22. The Kier molecular flexibility index (Phi) is 8.45. The SMILES string of the molecule is COc1ccc(O)c(C=NOCCCCON=Cc2cc(OC)ccc2O)c1.